The maximum Gasteiger partial charge on any atom is 0.337 e. The molecule has 0 aliphatic heterocycles. The highest BCUT2D eigenvalue weighted by atomic mass is 35.5. The molecule has 0 aliphatic carbocycles. The first-order valence-corrected chi connectivity index (χ1v) is 6.14. The number of aromatic carboxylic acids is 1. The monoisotopic (exact) mass is 294 g/mol. The van der Waals surface area contributed by atoms with E-state index in [0.29, 0.717) is 17.3 Å². The fourth-order valence-corrected chi connectivity index (χ4v) is 1.71. The van der Waals surface area contributed by atoms with Crippen molar-refractivity contribution in [3.8, 4) is 0 Å². The molecule has 2 aromatic rings. The smallest absolute Gasteiger partial charge is 0.337 e. The van der Waals surface area contributed by atoms with E-state index in [2.05, 4.69) is 20.5 Å². The Kier molecular flexibility index (Phi) is 3.99. The number of benzene rings is 1. The van der Waals surface area contributed by atoms with E-state index in [1.165, 1.54) is 18.2 Å². The van der Waals surface area contributed by atoms with Crippen LogP contribution in [0.4, 0.5) is 5.69 Å². The highest BCUT2D eigenvalue weighted by Gasteiger charge is 2.17. The van der Waals surface area contributed by atoms with Crippen molar-refractivity contribution in [2.45, 2.75) is 13.3 Å². The molecule has 1 heterocycles. The fourth-order valence-electron chi connectivity index (χ4n) is 1.54. The molecule has 0 bridgehead atoms. The third kappa shape index (κ3) is 2.94. The van der Waals surface area contributed by atoms with Gasteiger partial charge in [-0.1, -0.05) is 18.5 Å². The van der Waals surface area contributed by atoms with Crippen LogP contribution in [0.15, 0.2) is 18.2 Å². The van der Waals surface area contributed by atoms with Crippen molar-refractivity contribution in [2.24, 2.45) is 0 Å². The third-order valence-corrected chi connectivity index (χ3v) is 2.77. The second-order valence-corrected chi connectivity index (χ2v) is 4.34. The topological polar surface area (TPSA) is 108 Å². The molecule has 1 aromatic heterocycles. The van der Waals surface area contributed by atoms with E-state index in [1.807, 2.05) is 6.92 Å². The molecule has 3 N–H and O–H groups in total. The van der Waals surface area contributed by atoms with Gasteiger partial charge in [-0.2, -0.15) is 0 Å². The number of rotatable bonds is 4. The van der Waals surface area contributed by atoms with Crippen LogP contribution >= 0.6 is 11.6 Å². The molecule has 0 saturated heterocycles. The lowest BCUT2D eigenvalue weighted by Gasteiger charge is -2.07. The van der Waals surface area contributed by atoms with Gasteiger partial charge in [-0.3, -0.25) is 9.89 Å². The molecule has 7 nitrogen and oxygen atoms in total. The number of amides is 1. The number of carbonyl (C=O) groups excluding carboxylic acids is 1. The van der Waals surface area contributed by atoms with E-state index in [-0.39, 0.29) is 17.1 Å². The van der Waals surface area contributed by atoms with Crippen molar-refractivity contribution < 1.29 is 14.7 Å². The highest BCUT2D eigenvalue weighted by Crippen LogP contribution is 2.21. The number of halogens is 1. The molecule has 2 rings (SSSR count). The lowest BCUT2D eigenvalue weighted by atomic mass is 10.2. The largest absolute Gasteiger partial charge is 0.478 e. The van der Waals surface area contributed by atoms with Crippen molar-refractivity contribution in [3.63, 3.8) is 0 Å². The quantitative estimate of drug-likeness (QED) is 0.799. The van der Waals surface area contributed by atoms with Gasteiger partial charge in [0.05, 0.1) is 11.3 Å². The Bertz CT molecular complexity index is 668. The zero-order valence-electron chi connectivity index (χ0n) is 10.5. The average molecular weight is 295 g/mol. The van der Waals surface area contributed by atoms with Gasteiger partial charge in [0.2, 0.25) is 5.82 Å². The molecule has 1 amide bonds. The van der Waals surface area contributed by atoms with Gasteiger partial charge in [0.25, 0.3) is 5.91 Å². The molecule has 0 atom stereocenters. The van der Waals surface area contributed by atoms with Crippen molar-refractivity contribution in [2.75, 3.05) is 5.32 Å². The lowest BCUT2D eigenvalue weighted by Crippen LogP contribution is -2.16. The summed E-state index contributed by atoms with van der Waals surface area (Å²) in [7, 11) is 0. The number of carbonyl (C=O) groups is 2. The number of nitrogens with one attached hydrogen (secondary N) is 2. The van der Waals surface area contributed by atoms with Crippen LogP contribution in [-0.4, -0.2) is 32.2 Å². The predicted molar refractivity (Wildman–Crippen MR) is 72.1 cm³/mol. The first-order valence-electron chi connectivity index (χ1n) is 5.76. The van der Waals surface area contributed by atoms with Crippen LogP contribution in [0.1, 0.15) is 33.7 Å². The van der Waals surface area contributed by atoms with Crippen molar-refractivity contribution in [1.82, 2.24) is 15.2 Å². The van der Waals surface area contributed by atoms with E-state index in [0.717, 1.165) is 0 Å². The average Bonchev–Trinajstić information content (AvgIpc) is 2.87. The van der Waals surface area contributed by atoms with Gasteiger partial charge in [0.15, 0.2) is 0 Å². The second-order valence-electron chi connectivity index (χ2n) is 3.91. The SMILES string of the molecule is CCc1nc(C(=O)Nc2cc(Cl)ccc2C(=O)O)n[nH]1. The minimum Gasteiger partial charge on any atom is -0.478 e. The number of hydrogen-bond donors (Lipinski definition) is 3. The molecule has 1 aromatic carbocycles. The van der Waals surface area contributed by atoms with Crippen molar-refractivity contribution >= 4 is 29.2 Å². The van der Waals surface area contributed by atoms with Gasteiger partial charge in [-0.15, -0.1) is 5.10 Å². The summed E-state index contributed by atoms with van der Waals surface area (Å²) in [6.07, 6.45) is 0.609. The van der Waals surface area contributed by atoms with E-state index >= 15 is 0 Å². The first kappa shape index (κ1) is 14.0. The van der Waals surface area contributed by atoms with E-state index in [1.54, 1.807) is 0 Å². The molecule has 0 unspecified atom stereocenters. The van der Waals surface area contributed by atoms with Gasteiger partial charge < -0.3 is 10.4 Å². The van der Waals surface area contributed by atoms with E-state index in [4.69, 9.17) is 16.7 Å². The summed E-state index contributed by atoms with van der Waals surface area (Å²) in [6.45, 7) is 1.86. The minimum absolute atomic E-state index is 0.0573. The number of hydrogen-bond acceptors (Lipinski definition) is 4. The van der Waals surface area contributed by atoms with Crippen molar-refractivity contribution in [3.05, 3.63) is 40.4 Å². The first-order chi connectivity index (χ1) is 9.51. The Morgan fingerprint density at radius 1 is 1.45 bits per heavy atom. The molecular weight excluding hydrogens is 284 g/mol. The van der Waals surface area contributed by atoms with Gasteiger partial charge in [0, 0.05) is 11.4 Å². The van der Waals surface area contributed by atoms with Gasteiger partial charge in [-0.25, -0.2) is 9.78 Å². The Balaban J connectivity index is 2.27. The van der Waals surface area contributed by atoms with E-state index in [9.17, 15) is 9.59 Å². The number of aromatic nitrogens is 3. The minimum atomic E-state index is -1.17. The van der Waals surface area contributed by atoms with Crippen LogP contribution in [-0.2, 0) is 6.42 Å². The van der Waals surface area contributed by atoms with Crippen LogP contribution in [0.5, 0.6) is 0 Å². The van der Waals surface area contributed by atoms with Gasteiger partial charge >= 0.3 is 5.97 Å². The number of carboxylic acids is 1. The highest BCUT2D eigenvalue weighted by molar-refractivity contribution is 6.31. The standard InChI is InChI=1S/C12H11ClN4O3/c1-2-9-15-10(17-16-9)11(18)14-8-5-6(13)3-4-7(8)12(19)20/h3-5H,2H2,1H3,(H,14,18)(H,19,20)(H,15,16,17). The molecule has 0 radical (unpaired) electrons. The second kappa shape index (κ2) is 5.70. The normalized spacial score (nSPS) is 10.3. The Labute approximate surface area is 119 Å². The van der Waals surface area contributed by atoms with Crippen LogP contribution in [0, 0.1) is 0 Å². The van der Waals surface area contributed by atoms with Crippen LogP contribution < -0.4 is 5.32 Å². The number of H-pyrrole nitrogens is 1. The van der Waals surface area contributed by atoms with Crippen molar-refractivity contribution in [1.29, 1.82) is 0 Å². The van der Waals surface area contributed by atoms with Gasteiger partial charge in [-0.05, 0) is 18.2 Å². The van der Waals surface area contributed by atoms with Crippen LogP contribution in [0.25, 0.3) is 0 Å². The summed E-state index contributed by atoms with van der Waals surface area (Å²) in [5, 5.41) is 18.2. The summed E-state index contributed by atoms with van der Waals surface area (Å²) in [4.78, 5) is 27.0. The molecule has 0 spiro atoms. The fraction of sp³-hybridized carbons (Fsp3) is 0.167. The molecule has 20 heavy (non-hydrogen) atoms. The summed E-state index contributed by atoms with van der Waals surface area (Å²) >= 11 is 5.80. The third-order valence-electron chi connectivity index (χ3n) is 2.53. The van der Waals surface area contributed by atoms with Gasteiger partial charge in [0.1, 0.15) is 5.82 Å². The maximum absolute atomic E-state index is 11.9. The molecule has 8 heteroatoms. The van der Waals surface area contributed by atoms with Crippen LogP contribution in [0.3, 0.4) is 0 Å². The zero-order chi connectivity index (χ0) is 14.7. The number of nitrogens with zero attached hydrogens (tertiary/aromatic N) is 2. The number of carboxylic acid groups (broad SMARTS) is 1. The molecule has 104 valence electrons. The number of aryl methyl sites for hydroxylation is 1. The molecule has 0 aliphatic rings. The van der Waals surface area contributed by atoms with Crippen LogP contribution in [0.2, 0.25) is 5.02 Å². The zero-order valence-corrected chi connectivity index (χ0v) is 11.2. The maximum atomic E-state index is 11.9. The Morgan fingerprint density at radius 2 is 2.20 bits per heavy atom. The lowest BCUT2D eigenvalue weighted by molar-refractivity contribution is 0.0698. The molecular formula is C12H11ClN4O3. The summed E-state index contributed by atoms with van der Waals surface area (Å²) < 4.78 is 0. The summed E-state index contributed by atoms with van der Waals surface area (Å²) in [6, 6.07) is 4.11. The summed E-state index contributed by atoms with van der Waals surface area (Å²) in [5.74, 6) is -1.26. The molecule has 0 fully saturated rings. The molecule has 0 saturated carbocycles. The number of aromatic amines is 1. The predicted octanol–water partition coefficient (Wildman–Crippen LogP) is 1.97. The summed E-state index contributed by atoms with van der Waals surface area (Å²) in [5.41, 5.74) is 0.0341. The Hall–Kier alpha value is -2.41. The number of anilines is 1. The van der Waals surface area contributed by atoms with E-state index < -0.39 is 11.9 Å². The Morgan fingerprint density at radius 3 is 2.80 bits per heavy atom.